The van der Waals surface area contributed by atoms with Crippen LogP contribution in [-0.2, 0) is 24.5 Å². The molecule has 12 heteroatoms. The second-order valence-corrected chi connectivity index (χ2v) is 10.2. The Balaban J connectivity index is 1.23. The largest absolute Gasteiger partial charge is 0.497 e. The average Bonchev–Trinajstić information content (AvgIpc) is 3.57. The van der Waals surface area contributed by atoms with Gasteiger partial charge in [0.25, 0.3) is 11.9 Å². The first-order valence-electron chi connectivity index (χ1n) is 11.9. The average molecular weight is 659 g/mol. The maximum atomic E-state index is 12.3. The SMILES string of the molecule is C=CCn1c(CNc2ccc(I)cc2)nnc1SCC(=O)N/N=C/c1ccc(OCc2ccc(OC)cc2)o1. The van der Waals surface area contributed by atoms with E-state index in [1.807, 2.05) is 53.1 Å². The molecule has 0 fully saturated rings. The molecular weight excluding hydrogens is 631 g/mol. The summed E-state index contributed by atoms with van der Waals surface area (Å²) in [6, 6.07) is 19.0. The van der Waals surface area contributed by atoms with E-state index in [1.54, 1.807) is 25.3 Å². The number of hydrogen-bond acceptors (Lipinski definition) is 9. The third kappa shape index (κ3) is 8.61. The topological polar surface area (TPSA) is 116 Å². The Morgan fingerprint density at radius 3 is 2.69 bits per heavy atom. The predicted octanol–water partition coefficient (Wildman–Crippen LogP) is 5.10. The molecule has 2 heterocycles. The van der Waals surface area contributed by atoms with Crippen molar-refractivity contribution in [2.24, 2.45) is 5.10 Å². The Hall–Kier alpha value is -3.78. The van der Waals surface area contributed by atoms with Crippen LogP contribution in [0.4, 0.5) is 5.69 Å². The van der Waals surface area contributed by atoms with E-state index >= 15 is 0 Å². The lowest BCUT2D eigenvalue weighted by Crippen LogP contribution is -2.20. The van der Waals surface area contributed by atoms with Crippen molar-refractivity contribution in [1.82, 2.24) is 20.2 Å². The van der Waals surface area contributed by atoms with Gasteiger partial charge < -0.3 is 23.8 Å². The monoisotopic (exact) mass is 658 g/mol. The molecule has 202 valence electrons. The van der Waals surface area contributed by atoms with E-state index in [9.17, 15) is 4.79 Å². The fourth-order valence-electron chi connectivity index (χ4n) is 3.31. The van der Waals surface area contributed by atoms with Crippen molar-refractivity contribution in [2.45, 2.75) is 24.9 Å². The van der Waals surface area contributed by atoms with Crippen LogP contribution in [0.25, 0.3) is 0 Å². The number of aromatic nitrogens is 3. The van der Waals surface area contributed by atoms with Gasteiger partial charge in [0.15, 0.2) is 16.7 Å². The molecule has 39 heavy (non-hydrogen) atoms. The Kier molecular flexibility index (Phi) is 10.4. The zero-order valence-corrected chi connectivity index (χ0v) is 24.1. The van der Waals surface area contributed by atoms with Crippen molar-refractivity contribution in [1.29, 1.82) is 0 Å². The highest BCUT2D eigenvalue weighted by molar-refractivity contribution is 14.1. The number of halogens is 1. The number of thioether (sulfide) groups is 1. The highest BCUT2D eigenvalue weighted by atomic mass is 127. The van der Waals surface area contributed by atoms with Crippen LogP contribution >= 0.6 is 34.4 Å². The van der Waals surface area contributed by atoms with Crippen LogP contribution in [0.15, 0.2) is 88.0 Å². The fraction of sp³-hybridized carbons (Fsp3) is 0.185. The summed E-state index contributed by atoms with van der Waals surface area (Å²) in [7, 11) is 1.62. The minimum atomic E-state index is -0.287. The first-order chi connectivity index (χ1) is 19.0. The summed E-state index contributed by atoms with van der Waals surface area (Å²) in [5.41, 5.74) is 4.46. The number of carbonyl (C=O) groups is 1. The highest BCUT2D eigenvalue weighted by Gasteiger charge is 2.13. The zero-order chi connectivity index (χ0) is 27.5. The molecule has 1 amide bonds. The molecule has 0 spiro atoms. The van der Waals surface area contributed by atoms with Gasteiger partial charge >= 0.3 is 0 Å². The first-order valence-corrected chi connectivity index (χ1v) is 13.9. The number of methoxy groups -OCH3 is 1. The molecule has 0 aliphatic rings. The molecule has 2 aromatic heterocycles. The number of hydrogen-bond donors (Lipinski definition) is 2. The summed E-state index contributed by atoms with van der Waals surface area (Å²) in [6.45, 7) is 5.19. The summed E-state index contributed by atoms with van der Waals surface area (Å²) in [4.78, 5) is 12.3. The van der Waals surface area contributed by atoms with Crippen LogP contribution in [0.1, 0.15) is 17.1 Å². The van der Waals surface area contributed by atoms with Crippen molar-refractivity contribution < 1.29 is 18.7 Å². The van der Waals surface area contributed by atoms with Gasteiger partial charge in [-0.15, -0.1) is 16.8 Å². The molecule has 2 N–H and O–H groups in total. The Labute approximate surface area is 244 Å². The third-order valence-electron chi connectivity index (χ3n) is 5.26. The van der Waals surface area contributed by atoms with Crippen molar-refractivity contribution >= 4 is 52.2 Å². The van der Waals surface area contributed by atoms with Gasteiger partial charge in [0.2, 0.25) is 0 Å². The Morgan fingerprint density at radius 1 is 1.15 bits per heavy atom. The van der Waals surface area contributed by atoms with Crippen LogP contribution in [0, 0.1) is 3.57 Å². The molecule has 0 aliphatic carbocycles. The maximum absolute atomic E-state index is 12.3. The normalized spacial score (nSPS) is 10.9. The van der Waals surface area contributed by atoms with Gasteiger partial charge in [-0.25, -0.2) is 5.43 Å². The summed E-state index contributed by atoms with van der Waals surface area (Å²) >= 11 is 3.54. The number of furan rings is 1. The number of benzene rings is 2. The van der Waals surface area contributed by atoms with Crippen molar-refractivity contribution in [3.05, 3.63) is 94.0 Å². The number of nitrogens with one attached hydrogen (secondary N) is 2. The number of amides is 1. The van der Waals surface area contributed by atoms with Crippen molar-refractivity contribution in [3.8, 4) is 11.7 Å². The van der Waals surface area contributed by atoms with Crippen LogP contribution in [0.5, 0.6) is 11.7 Å². The van der Waals surface area contributed by atoms with E-state index in [4.69, 9.17) is 13.9 Å². The molecule has 0 saturated heterocycles. The Morgan fingerprint density at radius 2 is 1.95 bits per heavy atom. The van der Waals surface area contributed by atoms with Gasteiger partial charge in [-0.2, -0.15) is 5.10 Å². The lowest BCUT2D eigenvalue weighted by Gasteiger charge is -2.09. The lowest BCUT2D eigenvalue weighted by molar-refractivity contribution is -0.118. The number of carbonyl (C=O) groups excluding carboxylic acids is 1. The number of nitrogens with zero attached hydrogens (tertiary/aromatic N) is 4. The zero-order valence-electron chi connectivity index (χ0n) is 21.2. The molecule has 0 aliphatic heterocycles. The van der Waals surface area contributed by atoms with Crippen molar-refractivity contribution in [2.75, 3.05) is 18.2 Å². The summed E-state index contributed by atoms with van der Waals surface area (Å²) < 4.78 is 19.5. The van der Waals surface area contributed by atoms with Gasteiger partial charge in [-0.05, 0) is 70.6 Å². The standard InChI is InChI=1S/C27H27IN6O4S/c1-3-14-34-24(16-29-21-8-6-20(28)7-9-21)31-33-27(34)39-18-25(35)32-30-15-23-12-13-26(38-23)37-17-19-4-10-22(36-2)11-5-19/h3-13,15,29H,1,14,16-18H2,2H3,(H,32,35)/b30-15+. The van der Waals surface area contributed by atoms with Gasteiger partial charge in [-0.3, -0.25) is 4.79 Å². The summed E-state index contributed by atoms with van der Waals surface area (Å²) in [6.07, 6.45) is 3.18. The third-order valence-corrected chi connectivity index (χ3v) is 6.94. The van der Waals surface area contributed by atoms with Gasteiger partial charge in [0.05, 0.1) is 25.6 Å². The van der Waals surface area contributed by atoms with E-state index in [1.165, 1.54) is 18.0 Å². The lowest BCUT2D eigenvalue weighted by atomic mass is 10.2. The van der Waals surface area contributed by atoms with Gasteiger partial charge in [-0.1, -0.05) is 30.0 Å². The minimum absolute atomic E-state index is 0.117. The van der Waals surface area contributed by atoms with Crippen LogP contribution in [-0.4, -0.2) is 39.7 Å². The molecule has 0 atom stereocenters. The van der Waals surface area contributed by atoms with E-state index < -0.39 is 0 Å². The van der Waals surface area contributed by atoms with E-state index in [-0.39, 0.29) is 11.7 Å². The molecule has 0 unspecified atom stereocenters. The second-order valence-electron chi connectivity index (χ2n) is 8.03. The predicted molar refractivity (Wildman–Crippen MR) is 159 cm³/mol. The van der Waals surface area contributed by atoms with Gasteiger partial charge in [0.1, 0.15) is 12.4 Å². The summed E-state index contributed by atoms with van der Waals surface area (Å²) in [5.74, 6) is 2.16. The molecule has 4 aromatic rings. The number of hydrazone groups is 1. The van der Waals surface area contributed by atoms with E-state index in [0.29, 0.717) is 36.6 Å². The smallest absolute Gasteiger partial charge is 0.285 e. The molecule has 0 saturated carbocycles. The molecule has 2 aromatic carbocycles. The molecule has 10 nitrogen and oxygen atoms in total. The quantitative estimate of drug-likeness (QED) is 0.0633. The summed E-state index contributed by atoms with van der Waals surface area (Å²) in [5, 5.41) is 16.5. The molecule has 0 bridgehead atoms. The van der Waals surface area contributed by atoms with Gasteiger partial charge in [0, 0.05) is 21.9 Å². The maximum Gasteiger partial charge on any atom is 0.285 e. The second kappa shape index (κ2) is 14.4. The highest BCUT2D eigenvalue weighted by Crippen LogP contribution is 2.20. The number of anilines is 1. The van der Waals surface area contributed by atoms with Crippen LogP contribution < -0.4 is 20.2 Å². The molecule has 4 rings (SSSR count). The van der Waals surface area contributed by atoms with Crippen molar-refractivity contribution in [3.63, 3.8) is 0 Å². The molecule has 0 radical (unpaired) electrons. The van der Waals surface area contributed by atoms with Crippen LogP contribution in [0.2, 0.25) is 0 Å². The number of allylic oxidation sites excluding steroid dienone is 1. The first kappa shape index (κ1) is 28.2. The Bertz CT molecular complexity index is 1400. The van der Waals surface area contributed by atoms with E-state index in [0.717, 1.165) is 26.4 Å². The van der Waals surface area contributed by atoms with Crippen LogP contribution in [0.3, 0.4) is 0 Å². The minimum Gasteiger partial charge on any atom is -0.497 e. The fourth-order valence-corrected chi connectivity index (χ4v) is 4.42. The van der Waals surface area contributed by atoms with E-state index in [2.05, 4.69) is 55.2 Å². The molecular formula is C27H27IN6O4S. The number of rotatable bonds is 14. The number of ether oxygens (including phenoxy) is 2.